The van der Waals surface area contributed by atoms with Crippen LogP contribution in [-0.2, 0) is 24.8 Å². The van der Waals surface area contributed by atoms with Gasteiger partial charge in [0.15, 0.2) is 0 Å². The van der Waals surface area contributed by atoms with Crippen molar-refractivity contribution in [1.29, 1.82) is 0 Å². The zero-order valence-corrected chi connectivity index (χ0v) is 18.8. The number of aryl methyl sites for hydroxylation is 1. The Labute approximate surface area is 176 Å². The molecular formula is C18H22ClN3O5S2. The molecule has 29 heavy (non-hydrogen) atoms. The van der Waals surface area contributed by atoms with Crippen LogP contribution in [0.15, 0.2) is 42.5 Å². The Morgan fingerprint density at radius 3 is 2.24 bits per heavy atom. The van der Waals surface area contributed by atoms with Crippen LogP contribution in [-0.4, -0.2) is 48.8 Å². The molecule has 0 aliphatic carbocycles. The average molecular weight is 460 g/mol. The fourth-order valence-electron chi connectivity index (χ4n) is 2.58. The lowest BCUT2D eigenvalue weighted by Crippen LogP contribution is -2.37. The van der Waals surface area contributed by atoms with Crippen LogP contribution in [0.2, 0.25) is 5.02 Å². The second-order valence-corrected chi connectivity index (χ2v) is 10.9. The van der Waals surface area contributed by atoms with Gasteiger partial charge in [-0.05, 0) is 48.9 Å². The molecule has 1 N–H and O–H groups in total. The van der Waals surface area contributed by atoms with Crippen molar-refractivity contribution < 1.29 is 21.6 Å². The second-order valence-electron chi connectivity index (χ2n) is 6.53. The fraction of sp³-hybridized carbons (Fsp3) is 0.278. The molecule has 158 valence electrons. The van der Waals surface area contributed by atoms with Crippen LogP contribution in [0.5, 0.6) is 0 Å². The van der Waals surface area contributed by atoms with Crippen molar-refractivity contribution >= 4 is 54.6 Å². The Balaban J connectivity index is 2.26. The van der Waals surface area contributed by atoms with Gasteiger partial charge in [-0.3, -0.25) is 13.4 Å². The molecule has 0 spiro atoms. The van der Waals surface area contributed by atoms with Crippen molar-refractivity contribution in [2.45, 2.75) is 6.92 Å². The number of carbonyl (C=O) groups is 1. The number of nitrogens with one attached hydrogen (secondary N) is 1. The van der Waals surface area contributed by atoms with Crippen LogP contribution in [0.4, 0.5) is 17.1 Å². The van der Waals surface area contributed by atoms with E-state index in [-0.39, 0.29) is 0 Å². The number of amides is 1. The van der Waals surface area contributed by atoms with Gasteiger partial charge in [-0.15, -0.1) is 0 Å². The van der Waals surface area contributed by atoms with Crippen molar-refractivity contribution in [3.05, 3.63) is 53.1 Å². The Kier molecular flexibility index (Phi) is 6.82. The quantitative estimate of drug-likeness (QED) is 0.684. The van der Waals surface area contributed by atoms with E-state index >= 15 is 0 Å². The largest absolute Gasteiger partial charge is 0.324 e. The first-order valence-corrected chi connectivity index (χ1v) is 12.4. The molecule has 0 aromatic heterocycles. The van der Waals surface area contributed by atoms with Gasteiger partial charge in [0.05, 0.1) is 23.9 Å². The minimum absolute atomic E-state index is 0.337. The monoisotopic (exact) mass is 459 g/mol. The maximum atomic E-state index is 12.5. The van der Waals surface area contributed by atoms with Crippen LogP contribution in [0.1, 0.15) is 5.56 Å². The Hall–Kier alpha value is -2.30. The first-order valence-electron chi connectivity index (χ1n) is 8.37. The van der Waals surface area contributed by atoms with Gasteiger partial charge >= 0.3 is 0 Å². The van der Waals surface area contributed by atoms with E-state index in [1.165, 1.54) is 19.2 Å². The number of carbonyl (C=O) groups excluding carboxylic acids is 1. The highest BCUT2D eigenvalue weighted by Crippen LogP contribution is 2.26. The highest BCUT2D eigenvalue weighted by molar-refractivity contribution is 7.92. The van der Waals surface area contributed by atoms with Crippen LogP contribution in [0, 0.1) is 6.92 Å². The van der Waals surface area contributed by atoms with Gasteiger partial charge in [0.25, 0.3) is 0 Å². The number of hydrogen-bond donors (Lipinski definition) is 1. The molecule has 0 aliphatic heterocycles. The highest BCUT2D eigenvalue weighted by atomic mass is 35.5. The Morgan fingerprint density at radius 2 is 1.69 bits per heavy atom. The number of sulfonamides is 2. The first-order chi connectivity index (χ1) is 13.3. The lowest BCUT2D eigenvalue weighted by atomic mass is 10.2. The number of benzene rings is 2. The number of nitrogens with zero attached hydrogens (tertiary/aromatic N) is 2. The minimum atomic E-state index is -3.74. The summed E-state index contributed by atoms with van der Waals surface area (Å²) in [5.74, 6) is -0.580. The molecule has 0 radical (unpaired) electrons. The molecule has 2 rings (SSSR count). The van der Waals surface area contributed by atoms with E-state index in [4.69, 9.17) is 11.6 Å². The predicted molar refractivity (Wildman–Crippen MR) is 117 cm³/mol. The molecule has 2 aromatic carbocycles. The smallest absolute Gasteiger partial charge is 0.245 e. The maximum Gasteiger partial charge on any atom is 0.245 e. The molecule has 0 aliphatic rings. The molecule has 0 unspecified atom stereocenters. The Bertz CT molecular complexity index is 1130. The van der Waals surface area contributed by atoms with Crippen molar-refractivity contribution in [1.82, 2.24) is 0 Å². The summed E-state index contributed by atoms with van der Waals surface area (Å²) in [7, 11) is -5.81. The highest BCUT2D eigenvalue weighted by Gasteiger charge is 2.23. The SMILES string of the molecule is Cc1cc(Cl)ccc1N(CC(=O)Nc1cccc(N(C)S(C)(=O)=O)c1)S(C)(=O)=O. The van der Waals surface area contributed by atoms with E-state index in [2.05, 4.69) is 5.32 Å². The molecule has 0 atom stereocenters. The van der Waals surface area contributed by atoms with Gasteiger partial charge in [0.1, 0.15) is 6.54 Å². The van der Waals surface area contributed by atoms with E-state index in [1.54, 1.807) is 37.3 Å². The summed E-state index contributed by atoms with van der Waals surface area (Å²) in [5.41, 5.74) is 1.65. The summed E-state index contributed by atoms with van der Waals surface area (Å²) in [6.45, 7) is 1.25. The van der Waals surface area contributed by atoms with Gasteiger partial charge in [-0.25, -0.2) is 16.8 Å². The van der Waals surface area contributed by atoms with Gasteiger partial charge in [-0.2, -0.15) is 0 Å². The Morgan fingerprint density at radius 1 is 1.03 bits per heavy atom. The third-order valence-electron chi connectivity index (χ3n) is 4.11. The molecule has 0 fully saturated rings. The van der Waals surface area contributed by atoms with E-state index in [9.17, 15) is 21.6 Å². The standard InChI is InChI=1S/C18H22ClN3O5S2/c1-13-10-14(19)8-9-17(13)22(29(4,26)27)12-18(23)20-15-6-5-7-16(11-15)21(2)28(3,24)25/h5-11H,12H2,1-4H3,(H,20,23). The summed E-state index contributed by atoms with van der Waals surface area (Å²) >= 11 is 5.93. The van der Waals surface area contributed by atoms with Gasteiger partial charge in [0.2, 0.25) is 26.0 Å². The zero-order valence-electron chi connectivity index (χ0n) is 16.4. The summed E-state index contributed by atoms with van der Waals surface area (Å²) in [6, 6.07) is 10.9. The molecule has 0 heterocycles. The van der Waals surface area contributed by atoms with Crippen LogP contribution < -0.4 is 13.9 Å². The van der Waals surface area contributed by atoms with Crippen LogP contribution in [0.3, 0.4) is 0 Å². The topological polar surface area (TPSA) is 104 Å². The van der Waals surface area contributed by atoms with Crippen molar-refractivity contribution in [3.8, 4) is 0 Å². The summed E-state index contributed by atoms with van der Waals surface area (Å²) in [5, 5.41) is 3.05. The van der Waals surface area contributed by atoms with Crippen LogP contribution >= 0.6 is 11.6 Å². The van der Waals surface area contributed by atoms with Gasteiger partial charge in [-0.1, -0.05) is 17.7 Å². The predicted octanol–water partition coefficient (Wildman–Crippen LogP) is 2.45. The zero-order chi connectivity index (χ0) is 22.0. The summed E-state index contributed by atoms with van der Waals surface area (Å²) < 4.78 is 49.9. The van der Waals surface area contributed by atoms with E-state index in [1.807, 2.05) is 0 Å². The molecule has 8 nitrogen and oxygen atoms in total. The second kappa shape index (κ2) is 8.60. The van der Waals surface area contributed by atoms with Crippen molar-refractivity contribution in [2.75, 3.05) is 40.0 Å². The van der Waals surface area contributed by atoms with Crippen LogP contribution in [0.25, 0.3) is 0 Å². The lowest BCUT2D eigenvalue weighted by Gasteiger charge is -2.24. The van der Waals surface area contributed by atoms with E-state index < -0.39 is 32.5 Å². The summed E-state index contributed by atoms with van der Waals surface area (Å²) in [4.78, 5) is 12.5. The van der Waals surface area contributed by atoms with Crippen molar-refractivity contribution in [3.63, 3.8) is 0 Å². The van der Waals surface area contributed by atoms with Gasteiger partial charge in [0, 0.05) is 17.8 Å². The number of hydrogen-bond acceptors (Lipinski definition) is 5. The first kappa shape index (κ1) is 23.0. The summed E-state index contributed by atoms with van der Waals surface area (Å²) in [6.07, 6.45) is 2.08. The molecule has 2 aromatic rings. The number of halogens is 1. The molecule has 0 bridgehead atoms. The molecule has 0 saturated carbocycles. The maximum absolute atomic E-state index is 12.5. The molecular weight excluding hydrogens is 438 g/mol. The minimum Gasteiger partial charge on any atom is -0.324 e. The molecule has 11 heteroatoms. The number of anilines is 3. The van der Waals surface area contributed by atoms with Gasteiger partial charge < -0.3 is 5.32 Å². The number of rotatable bonds is 7. The third kappa shape index (κ3) is 6.09. The normalized spacial score (nSPS) is 11.8. The third-order valence-corrected chi connectivity index (χ3v) is 6.67. The van der Waals surface area contributed by atoms with E-state index in [0.29, 0.717) is 27.6 Å². The van der Waals surface area contributed by atoms with E-state index in [0.717, 1.165) is 21.1 Å². The average Bonchev–Trinajstić information content (AvgIpc) is 2.58. The van der Waals surface area contributed by atoms with Crippen molar-refractivity contribution in [2.24, 2.45) is 0 Å². The lowest BCUT2D eigenvalue weighted by molar-refractivity contribution is -0.114. The molecule has 1 amide bonds. The molecule has 0 saturated heterocycles. The fourth-order valence-corrected chi connectivity index (χ4v) is 4.22.